The smallest absolute Gasteiger partial charge is 0.341 e. The zero-order valence-electron chi connectivity index (χ0n) is 17.6. The fourth-order valence-corrected chi connectivity index (χ4v) is 2.74. The van der Waals surface area contributed by atoms with Crippen LogP contribution in [0.15, 0.2) is 54.6 Å². The number of hydrogen-bond acceptors (Lipinski definition) is 6. The molecule has 1 unspecified atom stereocenters. The van der Waals surface area contributed by atoms with E-state index in [4.69, 9.17) is 9.47 Å². The SMILES string of the molecule is CC(C)(C)C(=O)OCOC(=O)c1cccc(NC(=O)C(C)(S)Cc2ccccc2)c1. The Balaban J connectivity index is 1.96. The van der Waals surface area contributed by atoms with Crippen molar-refractivity contribution in [1.82, 2.24) is 0 Å². The lowest BCUT2D eigenvalue weighted by Gasteiger charge is -2.23. The first-order valence-corrected chi connectivity index (χ1v) is 9.96. The molecule has 160 valence electrons. The second-order valence-corrected chi connectivity index (χ2v) is 9.19. The summed E-state index contributed by atoms with van der Waals surface area (Å²) in [6.07, 6.45) is 0.448. The first kappa shape index (κ1) is 23.5. The van der Waals surface area contributed by atoms with E-state index in [1.54, 1.807) is 45.9 Å². The predicted octanol–water partition coefficient (Wildman–Crippen LogP) is 4.26. The van der Waals surface area contributed by atoms with Crippen LogP contribution in [0.3, 0.4) is 0 Å². The monoisotopic (exact) mass is 429 g/mol. The standard InChI is InChI=1S/C23H27NO5S/c1-22(2,3)21(27)29-15-28-19(25)17-11-8-12-18(13-17)24-20(26)23(4,30)14-16-9-6-5-7-10-16/h5-13,30H,14-15H2,1-4H3,(H,24,26). The molecule has 0 aliphatic heterocycles. The van der Waals surface area contributed by atoms with Gasteiger partial charge in [0.15, 0.2) is 0 Å². The van der Waals surface area contributed by atoms with Gasteiger partial charge in [0, 0.05) is 5.69 Å². The summed E-state index contributed by atoms with van der Waals surface area (Å²) in [7, 11) is 0. The summed E-state index contributed by atoms with van der Waals surface area (Å²) in [5, 5.41) is 2.78. The lowest BCUT2D eigenvalue weighted by molar-refractivity contribution is -0.161. The minimum Gasteiger partial charge on any atom is -0.427 e. The highest BCUT2D eigenvalue weighted by molar-refractivity contribution is 7.82. The summed E-state index contributed by atoms with van der Waals surface area (Å²) in [4.78, 5) is 36.6. The Bertz CT molecular complexity index is 903. The van der Waals surface area contributed by atoms with Crippen molar-refractivity contribution in [3.8, 4) is 0 Å². The van der Waals surface area contributed by atoms with Crippen LogP contribution < -0.4 is 5.32 Å². The van der Waals surface area contributed by atoms with E-state index in [9.17, 15) is 14.4 Å². The molecule has 0 saturated heterocycles. The highest BCUT2D eigenvalue weighted by Crippen LogP contribution is 2.23. The molecular formula is C23H27NO5S. The number of ether oxygens (including phenoxy) is 2. The maximum atomic E-state index is 12.7. The van der Waals surface area contributed by atoms with E-state index in [0.717, 1.165) is 5.56 Å². The van der Waals surface area contributed by atoms with Crippen molar-refractivity contribution < 1.29 is 23.9 Å². The van der Waals surface area contributed by atoms with Crippen LogP contribution in [0.2, 0.25) is 0 Å². The Morgan fingerprint density at radius 3 is 2.23 bits per heavy atom. The fraction of sp³-hybridized carbons (Fsp3) is 0.348. The molecule has 1 amide bonds. The zero-order chi connectivity index (χ0) is 22.4. The van der Waals surface area contributed by atoms with E-state index in [0.29, 0.717) is 12.1 Å². The third-order valence-electron chi connectivity index (χ3n) is 4.23. The van der Waals surface area contributed by atoms with Crippen LogP contribution in [-0.4, -0.2) is 29.4 Å². The lowest BCUT2D eigenvalue weighted by Crippen LogP contribution is -2.37. The summed E-state index contributed by atoms with van der Waals surface area (Å²) in [5.74, 6) is -1.42. The van der Waals surface area contributed by atoms with Gasteiger partial charge in [-0.25, -0.2) is 4.79 Å². The summed E-state index contributed by atoms with van der Waals surface area (Å²) in [6.45, 7) is 6.38. The molecule has 6 nitrogen and oxygen atoms in total. The van der Waals surface area contributed by atoms with E-state index in [1.807, 2.05) is 30.3 Å². The average molecular weight is 430 g/mol. The Kier molecular flexibility index (Phi) is 7.67. The first-order chi connectivity index (χ1) is 14.0. The average Bonchev–Trinajstić information content (AvgIpc) is 2.67. The molecule has 0 spiro atoms. The molecule has 30 heavy (non-hydrogen) atoms. The van der Waals surface area contributed by atoms with Crippen molar-refractivity contribution in [2.45, 2.75) is 38.9 Å². The Morgan fingerprint density at radius 2 is 1.60 bits per heavy atom. The number of nitrogens with one attached hydrogen (secondary N) is 1. The molecule has 1 atom stereocenters. The molecule has 0 aliphatic rings. The van der Waals surface area contributed by atoms with Crippen LogP contribution in [0.5, 0.6) is 0 Å². The summed E-state index contributed by atoms with van der Waals surface area (Å²) >= 11 is 4.53. The Hall–Kier alpha value is -2.80. The topological polar surface area (TPSA) is 81.7 Å². The minimum absolute atomic E-state index is 0.225. The van der Waals surface area contributed by atoms with Gasteiger partial charge in [-0.15, -0.1) is 0 Å². The van der Waals surface area contributed by atoms with Crippen LogP contribution in [0.4, 0.5) is 5.69 Å². The van der Waals surface area contributed by atoms with Gasteiger partial charge in [-0.05, 0) is 57.9 Å². The normalized spacial score (nSPS) is 13.1. The van der Waals surface area contributed by atoms with Crippen molar-refractivity contribution in [1.29, 1.82) is 0 Å². The van der Waals surface area contributed by atoms with Gasteiger partial charge in [0.1, 0.15) is 0 Å². The van der Waals surface area contributed by atoms with Crippen molar-refractivity contribution in [2.24, 2.45) is 5.41 Å². The maximum Gasteiger partial charge on any atom is 0.341 e. The van der Waals surface area contributed by atoms with Crippen molar-refractivity contribution in [2.75, 3.05) is 12.1 Å². The van der Waals surface area contributed by atoms with Crippen molar-refractivity contribution in [3.05, 3.63) is 65.7 Å². The van der Waals surface area contributed by atoms with Gasteiger partial charge in [0.05, 0.1) is 15.7 Å². The number of esters is 2. The molecule has 0 aromatic heterocycles. The third-order valence-corrected chi connectivity index (χ3v) is 4.59. The van der Waals surface area contributed by atoms with Crippen LogP contribution >= 0.6 is 12.6 Å². The first-order valence-electron chi connectivity index (χ1n) is 9.51. The highest BCUT2D eigenvalue weighted by atomic mass is 32.1. The molecule has 2 aromatic rings. The molecule has 0 aliphatic carbocycles. The molecule has 2 aromatic carbocycles. The van der Waals surface area contributed by atoms with Crippen LogP contribution in [0.25, 0.3) is 0 Å². The Morgan fingerprint density at radius 1 is 0.933 bits per heavy atom. The summed E-state index contributed by atoms with van der Waals surface area (Å²) < 4.78 is 8.98. The van der Waals surface area contributed by atoms with Crippen molar-refractivity contribution >= 4 is 36.2 Å². The largest absolute Gasteiger partial charge is 0.427 e. The van der Waals surface area contributed by atoms with Crippen LogP contribution in [-0.2, 0) is 25.5 Å². The van der Waals surface area contributed by atoms with Gasteiger partial charge in [-0.1, -0.05) is 36.4 Å². The number of carbonyl (C=O) groups is 3. The van der Waals surface area contributed by atoms with Gasteiger partial charge in [0.25, 0.3) is 0 Å². The van der Waals surface area contributed by atoms with Gasteiger partial charge < -0.3 is 14.8 Å². The van der Waals surface area contributed by atoms with Crippen LogP contribution in [0, 0.1) is 5.41 Å². The zero-order valence-corrected chi connectivity index (χ0v) is 18.5. The Labute approximate surface area is 182 Å². The van der Waals surface area contributed by atoms with Crippen molar-refractivity contribution in [3.63, 3.8) is 0 Å². The molecule has 0 fully saturated rings. The molecule has 0 bridgehead atoms. The molecule has 2 rings (SSSR count). The van der Waals surface area contributed by atoms with Gasteiger partial charge in [-0.3, -0.25) is 9.59 Å². The van der Waals surface area contributed by atoms with Gasteiger partial charge in [-0.2, -0.15) is 12.6 Å². The number of thiol groups is 1. The maximum absolute atomic E-state index is 12.7. The quantitative estimate of drug-likeness (QED) is 0.390. The van der Waals surface area contributed by atoms with E-state index >= 15 is 0 Å². The molecule has 0 heterocycles. The lowest BCUT2D eigenvalue weighted by atomic mass is 9.98. The van der Waals surface area contributed by atoms with Crippen LogP contribution in [0.1, 0.15) is 43.6 Å². The third kappa shape index (κ3) is 6.91. The number of benzene rings is 2. The molecule has 0 radical (unpaired) electrons. The predicted molar refractivity (Wildman–Crippen MR) is 118 cm³/mol. The molecule has 1 N–H and O–H groups in total. The summed E-state index contributed by atoms with van der Waals surface area (Å²) in [5.41, 5.74) is 0.973. The highest BCUT2D eigenvalue weighted by Gasteiger charge is 2.29. The number of amides is 1. The number of anilines is 1. The second kappa shape index (κ2) is 9.80. The fourth-order valence-electron chi connectivity index (χ4n) is 2.50. The van der Waals surface area contributed by atoms with E-state index < -0.39 is 28.9 Å². The number of carbonyl (C=O) groups excluding carboxylic acids is 3. The molecule has 7 heteroatoms. The molecule has 0 saturated carbocycles. The second-order valence-electron chi connectivity index (χ2n) is 8.20. The van der Waals surface area contributed by atoms with Gasteiger partial charge >= 0.3 is 11.9 Å². The minimum atomic E-state index is -0.945. The number of hydrogen-bond donors (Lipinski definition) is 2. The van der Waals surface area contributed by atoms with E-state index in [2.05, 4.69) is 17.9 Å². The van der Waals surface area contributed by atoms with Gasteiger partial charge in [0.2, 0.25) is 12.7 Å². The molecular weight excluding hydrogens is 402 g/mol. The van der Waals surface area contributed by atoms with E-state index in [1.165, 1.54) is 6.07 Å². The summed E-state index contributed by atoms with van der Waals surface area (Å²) in [6, 6.07) is 15.9. The van der Waals surface area contributed by atoms with E-state index in [-0.39, 0.29) is 11.5 Å². The number of rotatable bonds is 7.